The summed E-state index contributed by atoms with van der Waals surface area (Å²) >= 11 is 0. The van der Waals surface area contributed by atoms with E-state index in [0.717, 1.165) is 5.56 Å². The van der Waals surface area contributed by atoms with E-state index >= 15 is 0 Å². The average Bonchev–Trinajstić information content (AvgIpc) is 2.43. The fraction of sp³-hybridized carbons (Fsp3) is 0.200. The van der Waals surface area contributed by atoms with E-state index < -0.39 is 10.7 Å². The van der Waals surface area contributed by atoms with Crippen LogP contribution >= 0.6 is 0 Å². The van der Waals surface area contributed by atoms with Crippen molar-refractivity contribution in [3.63, 3.8) is 0 Å². The third-order valence-corrected chi connectivity index (χ3v) is 2.80. The van der Waals surface area contributed by atoms with Gasteiger partial charge in [0.1, 0.15) is 5.75 Å². The lowest BCUT2D eigenvalue weighted by atomic mass is 10.2. The van der Waals surface area contributed by atoms with Crippen molar-refractivity contribution in [3.8, 4) is 11.5 Å². The molecule has 0 bridgehead atoms. The number of aryl methyl sites for hydroxylation is 1. The lowest BCUT2D eigenvalue weighted by Crippen LogP contribution is -1.99. The molecule has 0 spiro atoms. The Morgan fingerprint density at radius 1 is 1.29 bits per heavy atom. The molecule has 2 rings (SSSR count). The van der Waals surface area contributed by atoms with Crippen LogP contribution in [0.15, 0.2) is 36.4 Å². The van der Waals surface area contributed by atoms with Crippen molar-refractivity contribution in [2.75, 3.05) is 11.9 Å². The van der Waals surface area contributed by atoms with Crippen LogP contribution in [0.2, 0.25) is 0 Å². The molecule has 2 aromatic carbocycles. The summed E-state index contributed by atoms with van der Waals surface area (Å²) in [6.07, 6.45) is 0. The monoisotopic (exact) mass is 290 g/mol. The number of anilines is 1. The molecular formula is C15H15FN2O3. The van der Waals surface area contributed by atoms with Crippen molar-refractivity contribution in [3.05, 3.63) is 57.9 Å². The zero-order valence-corrected chi connectivity index (χ0v) is 11.7. The van der Waals surface area contributed by atoms with Gasteiger partial charge >= 0.3 is 0 Å². The largest absolute Gasteiger partial charge is 0.454 e. The standard InChI is InChI=1S/C15H15FN2O3/c1-3-17-11-7-12(18(19)20)9-13(8-11)21-15-6-10(2)4-5-14(15)16/h4-9,17H,3H2,1-2H3. The Morgan fingerprint density at radius 2 is 2.05 bits per heavy atom. The molecule has 0 aliphatic heterocycles. The summed E-state index contributed by atoms with van der Waals surface area (Å²) in [6, 6.07) is 8.73. The maximum absolute atomic E-state index is 13.7. The number of hydrogen-bond donors (Lipinski definition) is 1. The highest BCUT2D eigenvalue weighted by atomic mass is 19.1. The Kier molecular flexibility index (Phi) is 4.37. The van der Waals surface area contributed by atoms with E-state index in [4.69, 9.17) is 4.74 Å². The summed E-state index contributed by atoms with van der Waals surface area (Å²) < 4.78 is 19.1. The van der Waals surface area contributed by atoms with Gasteiger partial charge in [-0.15, -0.1) is 0 Å². The van der Waals surface area contributed by atoms with Gasteiger partial charge in [0.05, 0.1) is 11.0 Å². The Labute approximate surface area is 121 Å². The average molecular weight is 290 g/mol. The van der Waals surface area contributed by atoms with E-state index in [2.05, 4.69) is 5.32 Å². The first-order valence-corrected chi connectivity index (χ1v) is 6.47. The lowest BCUT2D eigenvalue weighted by Gasteiger charge is -2.10. The Hall–Kier alpha value is -2.63. The second-order valence-corrected chi connectivity index (χ2v) is 4.54. The van der Waals surface area contributed by atoms with Crippen molar-refractivity contribution in [1.82, 2.24) is 0 Å². The summed E-state index contributed by atoms with van der Waals surface area (Å²) in [5.74, 6) is -0.264. The van der Waals surface area contributed by atoms with E-state index in [-0.39, 0.29) is 17.2 Å². The molecule has 0 amide bonds. The first-order valence-electron chi connectivity index (χ1n) is 6.47. The summed E-state index contributed by atoms with van der Waals surface area (Å²) in [5.41, 5.74) is 1.27. The van der Waals surface area contributed by atoms with Crippen LogP contribution in [0.25, 0.3) is 0 Å². The highest BCUT2D eigenvalue weighted by Crippen LogP contribution is 2.31. The van der Waals surface area contributed by atoms with E-state index in [1.807, 2.05) is 13.8 Å². The first kappa shape index (κ1) is 14.8. The number of non-ortho nitro benzene ring substituents is 1. The van der Waals surface area contributed by atoms with E-state index in [1.54, 1.807) is 18.2 Å². The highest BCUT2D eigenvalue weighted by molar-refractivity contribution is 5.57. The van der Waals surface area contributed by atoms with Crippen LogP contribution < -0.4 is 10.1 Å². The second-order valence-electron chi connectivity index (χ2n) is 4.54. The summed E-state index contributed by atoms with van der Waals surface area (Å²) in [7, 11) is 0. The van der Waals surface area contributed by atoms with Gasteiger partial charge in [-0.25, -0.2) is 4.39 Å². The molecule has 0 unspecified atom stereocenters. The van der Waals surface area contributed by atoms with Crippen LogP contribution in [0.3, 0.4) is 0 Å². The van der Waals surface area contributed by atoms with Crippen LogP contribution in [-0.2, 0) is 0 Å². The smallest absolute Gasteiger partial charge is 0.275 e. The number of rotatable bonds is 5. The minimum atomic E-state index is -0.517. The molecule has 0 atom stereocenters. The molecule has 0 saturated carbocycles. The van der Waals surface area contributed by atoms with Crippen molar-refractivity contribution >= 4 is 11.4 Å². The van der Waals surface area contributed by atoms with Gasteiger partial charge in [-0.3, -0.25) is 10.1 Å². The quantitative estimate of drug-likeness (QED) is 0.660. The molecule has 0 fully saturated rings. The molecule has 2 aromatic rings. The number of benzene rings is 2. The number of nitro benzene ring substituents is 1. The molecule has 5 nitrogen and oxygen atoms in total. The van der Waals surface area contributed by atoms with Crippen LogP contribution in [0, 0.1) is 22.9 Å². The zero-order valence-electron chi connectivity index (χ0n) is 11.7. The van der Waals surface area contributed by atoms with Crippen molar-refractivity contribution < 1.29 is 14.1 Å². The molecule has 0 heterocycles. The van der Waals surface area contributed by atoms with Gasteiger partial charge in [0.15, 0.2) is 11.6 Å². The number of hydrogen-bond acceptors (Lipinski definition) is 4. The van der Waals surface area contributed by atoms with Crippen molar-refractivity contribution in [2.45, 2.75) is 13.8 Å². The third-order valence-electron chi connectivity index (χ3n) is 2.80. The molecule has 21 heavy (non-hydrogen) atoms. The molecule has 0 aromatic heterocycles. The normalized spacial score (nSPS) is 10.2. The second kappa shape index (κ2) is 6.21. The molecule has 0 aliphatic carbocycles. The number of nitrogens with zero attached hydrogens (tertiary/aromatic N) is 1. The number of nitrogens with one attached hydrogen (secondary N) is 1. The lowest BCUT2D eigenvalue weighted by molar-refractivity contribution is -0.384. The minimum absolute atomic E-state index is 0.0398. The van der Waals surface area contributed by atoms with Gasteiger partial charge in [-0.2, -0.15) is 0 Å². The summed E-state index contributed by atoms with van der Waals surface area (Å²) in [6.45, 7) is 4.29. The Morgan fingerprint density at radius 3 is 2.71 bits per heavy atom. The molecule has 110 valence electrons. The Bertz CT molecular complexity index is 674. The molecule has 1 N–H and O–H groups in total. The van der Waals surface area contributed by atoms with E-state index in [9.17, 15) is 14.5 Å². The predicted octanol–water partition coefficient (Wildman–Crippen LogP) is 4.27. The predicted molar refractivity (Wildman–Crippen MR) is 78.5 cm³/mol. The van der Waals surface area contributed by atoms with Gasteiger partial charge in [0, 0.05) is 24.4 Å². The van der Waals surface area contributed by atoms with E-state index in [0.29, 0.717) is 12.2 Å². The topological polar surface area (TPSA) is 64.4 Å². The van der Waals surface area contributed by atoms with Crippen LogP contribution in [0.4, 0.5) is 15.8 Å². The van der Waals surface area contributed by atoms with Gasteiger partial charge < -0.3 is 10.1 Å². The first-order chi connectivity index (χ1) is 9.99. The van der Waals surface area contributed by atoms with Crippen LogP contribution in [0.5, 0.6) is 11.5 Å². The Balaban J connectivity index is 2.38. The molecular weight excluding hydrogens is 275 g/mol. The fourth-order valence-corrected chi connectivity index (χ4v) is 1.87. The van der Waals surface area contributed by atoms with Gasteiger partial charge in [-0.1, -0.05) is 6.07 Å². The molecule has 6 heteroatoms. The van der Waals surface area contributed by atoms with Crippen molar-refractivity contribution in [2.24, 2.45) is 0 Å². The third kappa shape index (κ3) is 3.68. The zero-order chi connectivity index (χ0) is 15.4. The maximum atomic E-state index is 13.7. The highest BCUT2D eigenvalue weighted by Gasteiger charge is 2.12. The molecule has 0 radical (unpaired) electrons. The maximum Gasteiger partial charge on any atom is 0.275 e. The van der Waals surface area contributed by atoms with Crippen LogP contribution in [0.1, 0.15) is 12.5 Å². The van der Waals surface area contributed by atoms with Gasteiger partial charge in [0.2, 0.25) is 0 Å². The van der Waals surface area contributed by atoms with E-state index in [1.165, 1.54) is 18.2 Å². The van der Waals surface area contributed by atoms with Gasteiger partial charge in [0.25, 0.3) is 5.69 Å². The number of halogens is 1. The van der Waals surface area contributed by atoms with Crippen LogP contribution in [-0.4, -0.2) is 11.5 Å². The summed E-state index contributed by atoms with van der Waals surface area (Å²) in [4.78, 5) is 10.4. The number of nitro groups is 1. The fourth-order valence-electron chi connectivity index (χ4n) is 1.87. The number of ether oxygens (including phenoxy) is 1. The molecule has 0 aliphatic rings. The molecule has 0 saturated heterocycles. The SMILES string of the molecule is CCNc1cc(Oc2cc(C)ccc2F)cc([N+](=O)[O-])c1. The minimum Gasteiger partial charge on any atom is -0.454 e. The summed E-state index contributed by atoms with van der Waals surface area (Å²) in [5, 5.41) is 13.9. The van der Waals surface area contributed by atoms with Crippen molar-refractivity contribution in [1.29, 1.82) is 0 Å². The van der Waals surface area contributed by atoms with Gasteiger partial charge in [-0.05, 0) is 31.5 Å².